The van der Waals surface area contributed by atoms with E-state index in [-0.39, 0.29) is 5.78 Å². The SMILES string of the molecule is CCC(=O)c1ccc(C2CCn3cncc32)cc1. The molecule has 2 heterocycles. The van der Waals surface area contributed by atoms with Gasteiger partial charge in [0.15, 0.2) is 5.78 Å². The van der Waals surface area contributed by atoms with Crippen molar-refractivity contribution in [3.05, 3.63) is 53.6 Å². The van der Waals surface area contributed by atoms with Crippen molar-refractivity contribution in [2.24, 2.45) is 0 Å². The van der Waals surface area contributed by atoms with Gasteiger partial charge in [0.1, 0.15) is 0 Å². The summed E-state index contributed by atoms with van der Waals surface area (Å²) >= 11 is 0. The van der Waals surface area contributed by atoms with Gasteiger partial charge in [-0.25, -0.2) is 4.98 Å². The van der Waals surface area contributed by atoms with Crippen LogP contribution < -0.4 is 0 Å². The summed E-state index contributed by atoms with van der Waals surface area (Å²) in [5.41, 5.74) is 3.37. The topological polar surface area (TPSA) is 34.9 Å². The zero-order valence-corrected chi connectivity index (χ0v) is 10.5. The van der Waals surface area contributed by atoms with Crippen LogP contribution in [0.1, 0.15) is 47.3 Å². The Hall–Kier alpha value is -1.90. The van der Waals surface area contributed by atoms with Crippen LogP contribution in [0.2, 0.25) is 0 Å². The highest BCUT2D eigenvalue weighted by atomic mass is 16.1. The predicted octanol–water partition coefficient (Wildman–Crippen LogP) is 3.01. The van der Waals surface area contributed by atoms with Gasteiger partial charge in [-0.05, 0) is 12.0 Å². The van der Waals surface area contributed by atoms with Gasteiger partial charge in [0.05, 0.1) is 6.33 Å². The van der Waals surface area contributed by atoms with Gasteiger partial charge < -0.3 is 4.57 Å². The van der Waals surface area contributed by atoms with E-state index in [9.17, 15) is 4.79 Å². The molecule has 0 fully saturated rings. The highest BCUT2D eigenvalue weighted by molar-refractivity contribution is 5.95. The van der Waals surface area contributed by atoms with Crippen LogP contribution in [0.3, 0.4) is 0 Å². The van der Waals surface area contributed by atoms with Crippen LogP contribution in [0.5, 0.6) is 0 Å². The molecule has 0 saturated heterocycles. The molecule has 0 amide bonds. The van der Waals surface area contributed by atoms with Crippen LogP contribution in [0.15, 0.2) is 36.8 Å². The Morgan fingerprint density at radius 3 is 2.89 bits per heavy atom. The number of aromatic nitrogens is 2. The second-order valence-corrected chi connectivity index (χ2v) is 4.75. The van der Waals surface area contributed by atoms with Crippen LogP contribution in [0.4, 0.5) is 0 Å². The average molecular weight is 240 g/mol. The lowest BCUT2D eigenvalue weighted by atomic mass is 9.94. The van der Waals surface area contributed by atoms with Crippen molar-refractivity contribution in [2.75, 3.05) is 0 Å². The molecule has 18 heavy (non-hydrogen) atoms. The van der Waals surface area contributed by atoms with Crippen molar-refractivity contribution in [1.29, 1.82) is 0 Å². The molecule has 0 N–H and O–H groups in total. The quantitative estimate of drug-likeness (QED) is 0.773. The molecule has 0 bridgehead atoms. The van der Waals surface area contributed by atoms with Crippen LogP contribution >= 0.6 is 0 Å². The van der Waals surface area contributed by atoms with Gasteiger partial charge in [-0.2, -0.15) is 0 Å². The molecule has 0 radical (unpaired) electrons. The van der Waals surface area contributed by atoms with Gasteiger partial charge in [0.25, 0.3) is 0 Å². The van der Waals surface area contributed by atoms with E-state index in [0.29, 0.717) is 12.3 Å². The number of aryl methyl sites for hydroxylation is 1. The molecule has 3 heteroatoms. The fraction of sp³-hybridized carbons (Fsp3) is 0.333. The summed E-state index contributed by atoms with van der Waals surface area (Å²) in [6, 6.07) is 8.05. The summed E-state index contributed by atoms with van der Waals surface area (Å²) in [6.45, 7) is 2.93. The minimum absolute atomic E-state index is 0.206. The summed E-state index contributed by atoms with van der Waals surface area (Å²) in [4.78, 5) is 15.8. The maximum Gasteiger partial charge on any atom is 0.162 e. The van der Waals surface area contributed by atoms with Gasteiger partial charge >= 0.3 is 0 Å². The average Bonchev–Trinajstić information content (AvgIpc) is 3.00. The molecule has 2 aromatic rings. The van der Waals surface area contributed by atoms with E-state index in [2.05, 4.69) is 21.7 Å². The first-order chi connectivity index (χ1) is 8.79. The molecule has 92 valence electrons. The summed E-state index contributed by atoms with van der Waals surface area (Å²) in [5.74, 6) is 0.635. The number of nitrogens with zero attached hydrogens (tertiary/aromatic N) is 2. The van der Waals surface area contributed by atoms with E-state index in [1.54, 1.807) is 0 Å². The normalized spacial score (nSPS) is 17.7. The second-order valence-electron chi connectivity index (χ2n) is 4.75. The Balaban J connectivity index is 1.89. The van der Waals surface area contributed by atoms with Gasteiger partial charge in [0.2, 0.25) is 0 Å². The fourth-order valence-electron chi connectivity index (χ4n) is 2.67. The van der Waals surface area contributed by atoms with E-state index in [1.165, 1.54) is 11.3 Å². The monoisotopic (exact) mass is 240 g/mol. The van der Waals surface area contributed by atoms with E-state index >= 15 is 0 Å². The van der Waals surface area contributed by atoms with Crippen molar-refractivity contribution in [3.63, 3.8) is 0 Å². The smallest absolute Gasteiger partial charge is 0.162 e. The molecule has 0 saturated carbocycles. The van der Waals surface area contributed by atoms with Crippen LogP contribution in [0, 0.1) is 0 Å². The van der Waals surface area contributed by atoms with Crippen molar-refractivity contribution >= 4 is 5.78 Å². The maximum absolute atomic E-state index is 11.6. The number of imidazole rings is 1. The number of Topliss-reactive ketones (excluding diaryl/α,β-unsaturated/α-hetero) is 1. The maximum atomic E-state index is 11.6. The zero-order valence-electron chi connectivity index (χ0n) is 10.5. The molecule has 3 rings (SSSR count). The van der Waals surface area contributed by atoms with Crippen molar-refractivity contribution in [3.8, 4) is 0 Å². The summed E-state index contributed by atoms with van der Waals surface area (Å²) in [6.07, 6.45) is 5.53. The predicted molar refractivity (Wildman–Crippen MR) is 69.8 cm³/mol. The van der Waals surface area contributed by atoms with Crippen LogP contribution in [-0.2, 0) is 6.54 Å². The lowest BCUT2D eigenvalue weighted by molar-refractivity contribution is 0.0988. The third kappa shape index (κ3) is 1.76. The Labute approximate surface area is 106 Å². The molecule has 1 atom stereocenters. The zero-order chi connectivity index (χ0) is 12.5. The lowest BCUT2D eigenvalue weighted by Crippen LogP contribution is -1.99. The summed E-state index contributed by atoms with van der Waals surface area (Å²) in [7, 11) is 0. The van der Waals surface area contributed by atoms with Gasteiger partial charge in [0, 0.05) is 36.3 Å². The van der Waals surface area contributed by atoms with Crippen molar-refractivity contribution < 1.29 is 4.79 Å². The highest BCUT2D eigenvalue weighted by Crippen LogP contribution is 2.33. The number of fused-ring (bicyclic) bond motifs is 1. The van der Waals surface area contributed by atoms with E-state index in [0.717, 1.165) is 18.5 Å². The minimum Gasteiger partial charge on any atom is -0.334 e. The number of ketones is 1. The first-order valence-electron chi connectivity index (χ1n) is 6.42. The number of carbonyl (C=O) groups excluding carboxylic acids is 1. The molecular formula is C15H16N2O. The van der Waals surface area contributed by atoms with Crippen LogP contribution in [0.25, 0.3) is 0 Å². The summed E-state index contributed by atoms with van der Waals surface area (Å²) in [5, 5.41) is 0. The molecule has 1 aromatic heterocycles. The van der Waals surface area contributed by atoms with Gasteiger partial charge in [-0.15, -0.1) is 0 Å². The summed E-state index contributed by atoms with van der Waals surface area (Å²) < 4.78 is 2.20. The number of hydrogen-bond donors (Lipinski definition) is 0. The highest BCUT2D eigenvalue weighted by Gasteiger charge is 2.24. The number of carbonyl (C=O) groups is 1. The van der Waals surface area contributed by atoms with E-state index in [4.69, 9.17) is 0 Å². The van der Waals surface area contributed by atoms with Gasteiger partial charge in [-0.1, -0.05) is 31.2 Å². The number of rotatable bonds is 3. The second kappa shape index (κ2) is 4.41. The third-order valence-corrected chi connectivity index (χ3v) is 3.72. The Morgan fingerprint density at radius 1 is 1.39 bits per heavy atom. The molecular weight excluding hydrogens is 224 g/mol. The molecule has 3 nitrogen and oxygen atoms in total. The molecule has 0 aliphatic carbocycles. The Bertz CT molecular complexity index is 568. The number of hydrogen-bond acceptors (Lipinski definition) is 2. The third-order valence-electron chi connectivity index (χ3n) is 3.72. The fourth-order valence-corrected chi connectivity index (χ4v) is 2.67. The largest absolute Gasteiger partial charge is 0.334 e. The Morgan fingerprint density at radius 2 is 2.17 bits per heavy atom. The first kappa shape index (κ1) is 11.2. The molecule has 1 aliphatic heterocycles. The van der Waals surface area contributed by atoms with E-state index < -0.39 is 0 Å². The molecule has 1 aliphatic rings. The van der Waals surface area contributed by atoms with Crippen LogP contribution in [-0.4, -0.2) is 15.3 Å². The molecule has 1 aromatic carbocycles. The first-order valence-corrected chi connectivity index (χ1v) is 6.42. The standard InChI is InChI=1S/C15H16N2O/c1-2-15(18)12-5-3-11(4-6-12)13-7-8-17-10-16-9-14(13)17/h3-6,9-10,13H,2,7-8H2,1H3. The van der Waals surface area contributed by atoms with Crippen molar-refractivity contribution in [2.45, 2.75) is 32.2 Å². The minimum atomic E-state index is 0.206. The van der Waals surface area contributed by atoms with Gasteiger partial charge in [-0.3, -0.25) is 4.79 Å². The Kier molecular flexibility index (Phi) is 2.74. The lowest BCUT2D eigenvalue weighted by Gasteiger charge is -2.10. The van der Waals surface area contributed by atoms with E-state index in [1.807, 2.05) is 31.6 Å². The van der Waals surface area contributed by atoms with Crippen molar-refractivity contribution in [1.82, 2.24) is 9.55 Å². The number of benzene rings is 1. The molecule has 1 unspecified atom stereocenters. The molecule has 0 spiro atoms.